The van der Waals surface area contributed by atoms with E-state index in [0.29, 0.717) is 21.8 Å². The number of anilines is 1. The minimum absolute atomic E-state index is 0.156. The fraction of sp³-hybridized carbons (Fsp3) is 0.250. The Morgan fingerprint density at radius 1 is 1.24 bits per heavy atom. The summed E-state index contributed by atoms with van der Waals surface area (Å²) < 4.78 is 15.3. The summed E-state index contributed by atoms with van der Waals surface area (Å²) in [4.78, 5) is 15.7. The summed E-state index contributed by atoms with van der Waals surface area (Å²) in [5.74, 6) is -0.648. The van der Waals surface area contributed by atoms with E-state index in [1.165, 1.54) is 0 Å². The van der Waals surface area contributed by atoms with Crippen molar-refractivity contribution >= 4 is 34.0 Å². The number of aromatic amines is 1. The van der Waals surface area contributed by atoms with Gasteiger partial charge in [0.25, 0.3) is 0 Å². The Labute approximate surface area is 150 Å². The lowest BCUT2D eigenvalue weighted by atomic mass is 9.84. The van der Waals surface area contributed by atoms with E-state index in [4.69, 9.17) is 11.6 Å². The lowest BCUT2D eigenvalue weighted by molar-refractivity contribution is 0.0954. The monoisotopic (exact) mass is 356 g/mol. The third-order valence-electron chi connectivity index (χ3n) is 4.76. The van der Waals surface area contributed by atoms with Gasteiger partial charge in [-0.2, -0.15) is 0 Å². The molecule has 2 N–H and O–H groups in total. The zero-order valence-electron chi connectivity index (χ0n) is 14.3. The number of rotatable bonds is 1. The van der Waals surface area contributed by atoms with Crippen molar-refractivity contribution in [2.45, 2.75) is 32.7 Å². The maximum atomic E-state index is 15.3. The molecule has 3 nitrogen and oxygen atoms in total. The quantitative estimate of drug-likeness (QED) is 0.586. The Kier molecular flexibility index (Phi) is 3.45. The molecule has 1 aliphatic rings. The van der Waals surface area contributed by atoms with Gasteiger partial charge in [0.2, 0.25) is 0 Å². The van der Waals surface area contributed by atoms with Crippen molar-refractivity contribution in [3.63, 3.8) is 0 Å². The number of aryl methyl sites for hydroxylation is 1. The molecule has 0 unspecified atom stereocenters. The van der Waals surface area contributed by atoms with Crippen LogP contribution in [-0.2, 0) is 0 Å². The average Bonchev–Trinajstić information content (AvgIpc) is 2.91. The highest BCUT2D eigenvalue weighted by Gasteiger charge is 2.34. The molecule has 0 bridgehead atoms. The van der Waals surface area contributed by atoms with E-state index in [0.717, 1.165) is 16.5 Å². The molecule has 25 heavy (non-hydrogen) atoms. The second kappa shape index (κ2) is 5.33. The number of Topliss-reactive ketones (excluding diaryl/α,β-unsaturated/α-hetero) is 1. The van der Waals surface area contributed by atoms with Crippen molar-refractivity contribution in [3.8, 4) is 11.1 Å². The van der Waals surface area contributed by atoms with Crippen molar-refractivity contribution < 1.29 is 9.18 Å². The Morgan fingerprint density at radius 2 is 2.00 bits per heavy atom. The molecule has 2 aromatic carbocycles. The van der Waals surface area contributed by atoms with Crippen molar-refractivity contribution in [1.29, 1.82) is 0 Å². The first-order valence-corrected chi connectivity index (χ1v) is 8.57. The van der Waals surface area contributed by atoms with Crippen LogP contribution in [-0.4, -0.2) is 16.3 Å². The summed E-state index contributed by atoms with van der Waals surface area (Å²) in [6.07, 6.45) is 1.95. The standard InChI is InChI=1S/C20H18ClFN2O/c1-10-7-13(11-5-4-6-12-14(21)9-23-19(11)12)17(22)16-15(25)8-20(2,3)24-18(10)16/h4-7,9,23-24H,8H2,1-3H3. The number of H-pyrrole nitrogens is 1. The lowest BCUT2D eigenvalue weighted by Gasteiger charge is -2.34. The molecule has 0 saturated carbocycles. The van der Waals surface area contributed by atoms with E-state index in [-0.39, 0.29) is 23.3 Å². The van der Waals surface area contributed by atoms with Crippen LogP contribution < -0.4 is 5.32 Å². The number of hydrogen-bond donors (Lipinski definition) is 2. The molecule has 1 aromatic heterocycles. The lowest BCUT2D eigenvalue weighted by Crippen LogP contribution is -2.39. The van der Waals surface area contributed by atoms with Crippen molar-refractivity contribution in [2.24, 2.45) is 0 Å². The first-order chi connectivity index (χ1) is 11.8. The van der Waals surface area contributed by atoms with Gasteiger partial charge in [0.15, 0.2) is 5.78 Å². The molecule has 0 aliphatic carbocycles. The third-order valence-corrected chi connectivity index (χ3v) is 5.07. The van der Waals surface area contributed by atoms with Gasteiger partial charge in [-0.25, -0.2) is 4.39 Å². The van der Waals surface area contributed by atoms with Gasteiger partial charge >= 0.3 is 0 Å². The molecule has 0 atom stereocenters. The molecule has 0 spiro atoms. The highest BCUT2D eigenvalue weighted by Crippen LogP contribution is 2.41. The zero-order valence-corrected chi connectivity index (χ0v) is 15.0. The number of benzene rings is 2. The zero-order chi connectivity index (χ0) is 17.9. The largest absolute Gasteiger partial charge is 0.379 e. The van der Waals surface area contributed by atoms with E-state index >= 15 is 4.39 Å². The summed E-state index contributed by atoms with van der Waals surface area (Å²) in [5.41, 5.74) is 3.10. The van der Waals surface area contributed by atoms with E-state index in [1.807, 2.05) is 39.0 Å². The fourth-order valence-corrected chi connectivity index (χ4v) is 3.84. The first-order valence-electron chi connectivity index (χ1n) is 8.19. The summed E-state index contributed by atoms with van der Waals surface area (Å²) in [7, 11) is 0. The number of carbonyl (C=O) groups is 1. The predicted molar refractivity (Wildman–Crippen MR) is 100 cm³/mol. The van der Waals surface area contributed by atoms with Crippen molar-refractivity contribution in [1.82, 2.24) is 4.98 Å². The molecule has 0 fully saturated rings. The topological polar surface area (TPSA) is 44.9 Å². The van der Waals surface area contributed by atoms with E-state index in [9.17, 15) is 4.79 Å². The molecule has 0 amide bonds. The molecule has 0 radical (unpaired) electrons. The summed E-state index contributed by atoms with van der Waals surface area (Å²) >= 11 is 6.18. The number of para-hydroxylation sites is 1. The van der Waals surface area contributed by atoms with E-state index < -0.39 is 5.82 Å². The molecule has 0 saturated heterocycles. The van der Waals surface area contributed by atoms with Gasteiger partial charge in [-0.1, -0.05) is 29.8 Å². The maximum Gasteiger partial charge on any atom is 0.170 e. The van der Waals surface area contributed by atoms with Gasteiger partial charge in [-0.3, -0.25) is 4.79 Å². The van der Waals surface area contributed by atoms with Gasteiger partial charge in [-0.05, 0) is 32.4 Å². The SMILES string of the molecule is Cc1cc(-c2cccc3c(Cl)c[nH]c23)c(F)c2c1NC(C)(C)CC2=O. The number of ketones is 1. The molecule has 5 heteroatoms. The number of fused-ring (bicyclic) bond motifs is 2. The molecule has 3 aromatic rings. The fourth-order valence-electron chi connectivity index (χ4n) is 3.63. The minimum Gasteiger partial charge on any atom is -0.379 e. The minimum atomic E-state index is -0.480. The van der Waals surface area contributed by atoms with Crippen LogP contribution in [0.15, 0.2) is 30.5 Å². The summed E-state index contributed by atoms with van der Waals surface area (Å²) in [6.45, 7) is 5.78. The maximum absolute atomic E-state index is 15.3. The molecule has 2 heterocycles. The normalized spacial score (nSPS) is 16.0. The predicted octanol–water partition coefficient (Wildman–Crippen LogP) is 5.71. The highest BCUT2D eigenvalue weighted by molar-refractivity contribution is 6.36. The second-order valence-electron chi connectivity index (χ2n) is 7.28. The Hall–Kier alpha value is -2.33. The van der Waals surface area contributed by atoms with Crippen LogP contribution in [0.25, 0.3) is 22.0 Å². The highest BCUT2D eigenvalue weighted by atomic mass is 35.5. The molecule has 1 aliphatic heterocycles. The smallest absolute Gasteiger partial charge is 0.170 e. The van der Waals surface area contributed by atoms with Crippen LogP contribution in [0.2, 0.25) is 5.02 Å². The third kappa shape index (κ3) is 2.44. The van der Waals surface area contributed by atoms with Gasteiger partial charge in [-0.15, -0.1) is 0 Å². The van der Waals surface area contributed by atoms with Crippen LogP contribution in [0, 0.1) is 12.7 Å². The summed E-state index contributed by atoms with van der Waals surface area (Å²) in [5, 5.41) is 4.73. The Balaban J connectivity index is 2.00. The van der Waals surface area contributed by atoms with Crippen LogP contribution in [0.5, 0.6) is 0 Å². The first kappa shape index (κ1) is 16.2. The number of hydrogen-bond acceptors (Lipinski definition) is 2. The van der Waals surface area contributed by atoms with Crippen LogP contribution in [0.1, 0.15) is 36.2 Å². The van der Waals surface area contributed by atoms with E-state index in [2.05, 4.69) is 10.3 Å². The van der Waals surface area contributed by atoms with Crippen LogP contribution in [0.3, 0.4) is 0 Å². The van der Waals surface area contributed by atoms with Gasteiger partial charge < -0.3 is 10.3 Å². The van der Waals surface area contributed by atoms with Gasteiger partial charge in [0, 0.05) is 34.7 Å². The Bertz CT molecular complexity index is 1040. The van der Waals surface area contributed by atoms with Crippen LogP contribution >= 0.6 is 11.6 Å². The number of aromatic nitrogens is 1. The van der Waals surface area contributed by atoms with Gasteiger partial charge in [0.05, 0.1) is 21.8 Å². The van der Waals surface area contributed by atoms with E-state index in [1.54, 1.807) is 12.3 Å². The second-order valence-corrected chi connectivity index (χ2v) is 7.69. The number of carbonyl (C=O) groups excluding carboxylic acids is 1. The Morgan fingerprint density at radius 3 is 2.76 bits per heavy atom. The van der Waals surface area contributed by atoms with Crippen molar-refractivity contribution in [2.75, 3.05) is 5.32 Å². The molecular weight excluding hydrogens is 339 g/mol. The molecule has 4 rings (SSSR count). The number of halogens is 2. The average molecular weight is 357 g/mol. The van der Waals surface area contributed by atoms with Crippen molar-refractivity contribution in [3.05, 3.63) is 52.4 Å². The van der Waals surface area contributed by atoms with Crippen LogP contribution in [0.4, 0.5) is 10.1 Å². The van der Waals surface area contributed by atoms with Gasteiger partial charge in [0.1, 0.15) is 5.82 Å². The molecule has 128 valence electrons. The number of nitrogens with one attached hydrogen (secondary N) is 2. The summed E-state index contributed by atoms with van der Waals surface area (Å²) in [6, 6.07) is 7.36. The molecular formula is C20H18ClFN2O.